The molecule has 0 spiro atoms. The molecule has 0 saturated carbocycles. The molecule has 204 valence electrons. The average Bonchev–Trinajstić information content (AvgIpc) is 3.32. The second-order valence-corrected chi connectivity index (χ2v) is 9.20. The van der Waals surface area contributed by atoms with Crippen LogP contribution in [0.3, 0.4) is 0 Å². The molecule has 1 N–H and O–H groups in total. The number of rotatable bonds is 10. The van der Waals surface area contributed by atoms with Crippen molar-refractivity contribution >= 4 is 11.9 Å². The first-order chi connectivity index (χ1) is 19.5. The number of amides is 1. The van der Waals surface area contributed by atoms with Gasteiger partial charge in [-0.15, -0.1) is 0 Å². The van der Waals surface area contributed by atoms with E-state index in [9.17, 15) is 14.7 Å². The van der Waals surface area contributed by atoms with E-state index in [1.54, 1.807) is 48.5 Å². The molecule has 1 amide bonds. The number of benzene rings is 4. The quantitative estimate of drug-likeness (QED) is 0.267. The van der Waals surface area contributed by atoms with Gasteiger partial charge >= 0.3 is 5.97 Å². The predicted molar refractivity (Wildman–Crippen MR) is 148 cm³/mol. The van der Waals surface area contributed by atoms with Crippen molar-refractivity contribution in [2.24, 2.45) is 0 Å². The van der Waals surface area contributed by atoms with Crippen molar-refractivity contribution in [1.82, 2.24) is 5.06 Å². The highest BCUT2D eigenvalue weighted by Crippen LogP contribution is 2.47. The Kier molecular flexibility index (Phi) is 7.70. The van der Waals surface area contributed by atoms with Crippen LogP contribution in [0.25, 0.3) is 11.1 Å². The molecule has 0 fully saturated rings. The van der Waals surface area contributed by atoms with Gasteiger partial charge in [-0.3, -0.25) is 9.63 Å². The van der Waals surface area contributed by atoms with Crippen LogP contribution < -0.4 is 14.2 Å². The minimum absolute atomic E-state index is 0.281. The summed E-state index contributed by atoms with van der Waals surface area (Å²) in [4.78, 5) is 33.2. The van der Waals surface area contributed by atoms with Gasteiger partial charge in [0.1, 0.15) is 29.2 Å². The van der Waals surface area contributed by atoms with Crippen LogP contribution in [0.2, 0.25) is 0 Å². The Morgan fingerprint density at radius 1 is 0.750 bits per heavy atom. The molecule has 0 heterocycles. The lowest BCUT2D eigenvalue weighted by Crippen LogP contribution is -2.45. The lowest BCUT2D eigenvalue weighted by Gasteiger charge is -2.33. The maximum atomic E-state index is 14.6. The van der Waals surface area contributed by atoms with E-state index in [2.05, 4.69) is 0 Å². The minimum atomic E-state index is -1.61. The molecule has 8 heteroatoms. The van der Waals surface area contributed by atoms with Gasteiger partial charge in [0.05, 0.1) is 21.3 Å². The SMILES string of the molecule is COc1ccc(C(C(=O)N(OC)C2c3ccccc3-c3ccccc32)C(Oc2ccccc2)C(=O)O)c(OC)c1. The molecule has 5 rings (SSSR count). The smallest absolute Gasteiger partial charge is 0.346 e. The van der Waals surface area contributed by atoms with Crippen LogP contribution >= 0.6 is 0 Å². The van der Waals surface area contributed by atoms with Gasteiger partial charge in [0.2, 0.25) is 6.10 Å². The predicted octanol–water partition coefficient (Wildman–Crippen LogP) is 5.48. The number of carbonyl (C=O) groups is 2. The van der Waals surface area contributed by atoms with Crippen molar-refractivity contribution in [2.45, 2.75) is 18.1 Å². The van der Waals surface area contributed by atoms with E-state index in [1.165, 1.54) is 26.4 Å². The Hall–Kier alpha value is -4.82. The van der Waals surface area contributed by atoms with Crippen molar-refractivity contribution in [3.8, 4) is 28.4 Å². The molecule has 0 saturated heterocycles. The van der Waals surface area contributed by atoms with Crippen molar-refractivity contribution in [1.29, 1.82) is 0 Å². The zero-order valence-corrected chi connectivity index (χ0v) is 22.3. The van der Waals surface area contributed by atoms with Gasteiger partial charge in [-0.05, 0) is 40.5 Å². The zero-order valence-electron chi connectivity index (χ0n) is 22.3. The average molecular weight is 540 g/mol. The number of hydrogen-bond donors (Lipinski definition) is 1. The largest absolute Gasteiger partial charge is 0.497 e. The van der Waals surface area contributed by atoms with Crippen molar-refractivity contribution in [2.75, 3.05) is 21.3 Å². The first kappa shape index (κ1) is 26.8. The summed E-state index contributed by atoms with van der Waals surface area (Å²) in [5.74, 6) is -2.19. The second-order valence-electron chi connectivity index (χ2n) is 9.20. The summed E-state index contributed by atoms with van der Waals surface area (Å²) in [5, 5.41) is 11.7. The van der Waals surface area contributed by atoms with Gasteiger partial charge in [0.15, 0.2) is 0 Å². The van der Waals surface area contributed by atoms with Crippen LogP contribution in [-0.2, 0) is 14.4 Å². The van der Waals surface area contributed by atoms with Crippen LogP contribution in [0, 0.1) is 0 Å². The number of hydrogen-bond acceptors (Lipinski definition) is 6. The summed E-state index contributed by atoms with van der Waals surface area (Å²) in [6, 6.07) is 28.4. The summed E-state index contributed by atoms with van der Waals surface area (Å²) in [6.07, 6.45) is -1.61. The summed E-state index contributed by atoms with van der Waals surface area (Å²) in [6.45, 7) is 0. The fraction of sp³-hybridized carbons (Fsp3) is 0.188. The van der Waals surface area contributed by atoms with Gasteiger partial charge in [0, 0.05) is 11.6 Å². The molecule has 0 bridgehead atoms. The first-order valence-electron chi connectivity index (χ1n) is 12.7. The highest BCUT2D eigenvalue weighted by atomic mass is 16.7. The zero-order chi connectivity index (χ0) is 28.2. The number of fused-ring (bicyclic) bond motifs is 3. The lowest BCUT2D eigenvalue weighted by molar-refractivity contribution is -0.190. The number of ether oxygens (including phenoxy) is 3. The van der Waals surface area contributed by atoms with Gasteiger partial charge in [-0.1, -0.05) is 72.8 Å². The molecular weight excluding hydrogens is 510 g/mol. The van der Waals surface area contributed by atoms with E-state index in [-0.39, 0.29) is 5.75 Å². The molecule has 40 heavy (non-hydrogen) atoms. The fourth-order valence-corrected chi connectivity index (χ4v) is 5.25. The molecule has 4 aromatic carbocycles. The Bertz CT molecular complexity index is 1480. The number of carboxylic acid groups (broad SMARTS) is 1. The Morgan fingerprint density at radius 3 is 1.90 bits per heavy atom. The molecular formula is C32H29NO7. The van der Waals surface area contributed by atoms with Gasteiger partial charge in [-0.2, -0.15) is 0 Å². The molecule has 4 aromatic rings. The van der Waals surface area contributed by atoms with E-state index in [0.29, 0.717) is 17.1 Å². The highest BCUT2D eigenvalue weighted by molar-refractivity contribution is 5.92. The number of carboxylic acids is 1. The Labute approximate surface area is 232 Å². The standard InChI is InChI=1S/C32H29NO7/c1-37-21-17-18-26(27(19-21)38-2)28(30(32(35)36)40-20-11-5-4-6-12-20)31(34)33(39-3)29-24-15-9-7-13-22(24)23-14-8-10-16-25(23)29/h4-19,28-30H,1-3H3,(H,35,36). The molecule has 0 radical (unpaired) electrons. The number of aliphatic carboxylic acids is 1. The first-order valence-corrected chi connectivity index (χ1v) is 12.7. The molecule has 2 atom stereocenters. The van der Waals surface area contributed by atoms with Crippen LogP contribution in [0.15, 0.2) is 97.1 Å². The van der Waals surface area contributed by atoms with Gasteiger partial charge in [0.25, 0.3) is 5.91 Å². The topological polar surface area (TPSA) is 94.5 Å². The van der Waals surface area contributed by atoms with Crippen molar-refractivity contribution in [3.05, 3.63) is 114 Å². The third-order valence-corrected chi connectivity index (χ3v) is 7.04. The summed E-state index contributed by atoms with van der Waals surface area (Å²) in [5.41, 5.74) is 4.02. The highest BCUT2D eigenvalue weighted by Gasteiger charge is 2.45. The fourth-order valence-electron chi connectivity index (χ4n) is 5.25. The molecule has 1 aliphatic rings. The van der Waals surface area contributed by atoms with Crippen molar-refractivity contribution < 1.29 is 33.7 Å². The van der Waals surface area contributed by atoms with E-state index >= 15 is 0 Å². The van der Waals surface area contributed by atoms with E-state index in [4.69, 9.17) is 19.0 Å². The number of para-hydroxylation sites is 1. The number of methoxy groups -OCH3 is 2. The molecule has 2 unspecified atom stereocenters. The second kappa shape index (κ2) is 11.5. The van der Waals surface area contributed by atoms with Crippen LogP contribution in [0.5, 0.6) is 17.2 Å². The lowest BCUT2D eigenvalue weighted by atomic mass is 9.90. The number of hydroxylamine groups is 2. The Morgan fingerprint density at radius 2 is 1.35 bits per heavy atom. The van der Waals surface area contributed by atoms with Gasteiger partial charge < -0.3 is 19.3 Å². The molecule has 1 aliphatic carbocycles. The van der Waals surface area contributed by atoms with E-state index < -0.39 is 29.9 Å². The third-order valence-electron chi connectivity index (χ3n) is 7.04. The van der Waals surface area contributed by atoms with E-state index in [1.807, 2.05) is 48.5 Å². The monoisotopic (exact) mass is 539 g/mol. The minimum Gasteiger partial charge on any atom is -0.497 e. The van der Waals surface area contributed by atoms with Crippen LogP contribution in [0.4, 0.5) is 0 Å². The molecule has 8 nitrogen and oxygen atoms in total. The maximum absolute atomic E-state index is 14.6. The normalized spacial score (nSPS) is 13.5. The molecule has 0 aromatic heterocycles. The van der Waals surface area contributed by atoms with E-state index in [0.717, 1.165) is 22.3 Å². The van der Waals surface area contributed by atoms with Crippen molar-refractivity contribution in [3.63, 3.8) is 0 Å². The van der Waals surface area contributed by atoms with Crippen LogP contribution in [-0.4, -0.2) is 49.5 Å². The van der Waals surface area contributed by atoms with Gasteiger partial charge in [-0.25, -0.2) is 9.86 Å². The number of nitrogens with zero attached hydrogens (tertiary/aromatic N) is 1. The summed E-state index contributed by atoms with van der Waals surface area (Å²) >= 11 is 0. The molecule has 0 aliphatic heterocycles. The maximum Gasteiger partial charge on any atom is 0.346 e. The summed E-state index contributed by atoms with van der Waals surface area (Å²) < 4.78 is 16.9. The Balaban J connectivity index is 1.66. The number of carbonyl (C=O) groups excluding carboxylic acids is 1. The summed E-state index contributed by atoms with van der Waals surface area (Å²) in [7, 11) is 4.36. The van der Waals surface area contributed by atoms with Crippen LogP contribution in [0.1, 0.15) is 28.7 Å². The third kappa shape index (κ3) is 4.85.